The highest BCUT2D eigenvalue weighted by atomic mass is 16.3. The number of nitrogens with one attached hydrogen (secondary N) is 2. The van der Waals surface area contributed by atoms with Crippen LogP contribution in [-0.4, -0.2) is 17.1 Å². The lowest BCUT2D eigenvalue weighted by Gasteiger charge is -2.13. The van der Waals surface area contributed by atoms with Gasteiger partial charge in [0.1, 0.15) is 5.76 Å². The van der Waals surface area contributed by atoms with E-state index in [4.69, 9.17) is 4.42 Å². The number of pyridine rings is 1. The molecule has 0 aliphatic carbocycles. The molecular weight excluding hydrogens is 242 g/mol. The van der Waals surface area contributed by atoms with Gasteiger partial charge in [-0.3, -0.25) is 4.98 Å². The molecule has 2 aromatic rings. The fourth-order valence-corrected chi connectivity index (χ4v) is 1.74. The van der Waals surface area contributed by atoms with Crippen LogP contribution in [-0.2, 0) is 13.0 Å². The highest BCUT2D eigenvalue weighted by Gasteiger charge is 2.09. The molecule has 0 aromatic carbocycles. The second kappa shape index (κ2) is 6.58. The van der Waals surface area contributed by atoms with E-state index < -0.39 is 0 Å². The molecule has 0 radical (unpaired) electrons. The maximum atomic E-state index is 11.7. The lowest BCUT2D eigenvalue weighted by molar-refractivity contribution is 0.237. The third-order valence-electron chi connectivity index (χ3n) is 2.67. The van der Waals surface area contributed by atoms with Gasteiger partial charge in [0.2, 0.25) is 0 Å². The summed E-state index contributed by atoms with van der Waals surface area (Å²) in [6.07, 6.45) is 5.71. The standard InChI is InChI=1S/C14H17N3O2/c1-11(9-13-3-2-8-19-13)17-14(18)16-10-12-4-6-15-7-5-12/h2-8,11H,9-10H2,1H3,(H2,16,17,18). The van der Waals surface area contributed by atoms with Crippen molar-refractivity contribution in [3.8, 4) is 0 Å². The zero-order valence-corrected chi connectivity index (χ0v) is 10.8. The first-order valence-electron chi connectivity index (χ1n) is 6.19. The third-order valence-corrected chi connectivity index (χ3v) is 2.67. The molecule has 0 aliphatic heterocycles. The van der Waals surface area contributed by atoms with E-state index in [9.17, 15) is 4.79 Å². The summed E-state index contributed by atoms with van der Waals surface area (Å²) in [5.74, 6) is 0.863. The molecule has 1 unspecified atom stereocenters. The minimum atomic E-state index is -0.184. The molecular formula is C14H17N3O2. The van der Waals surface area contributed by atoms with E-state index in [1.165, 1.54) is 0 Å². The zero-order chi connectivity index (χ0) is 13.5. The Morgan fingerprint density at radius 1 is 1.37 bits per heavy atom. The zero-order valence-electron chi connectivity index (χ0n) is 10.8. The van der Waals surface area contributed by atoms with Crippen LogP contribution in [0.5, 0.6) is 0 Å². The van der Waals surface area contributed by atoms with Crippen LogP contribution in [0.4, 0.5) is 4.79 Å². The number of amides is 2. The van der Waals surface area contributed by atoms with E-state index in [1.807, 2.05) is 31.2 Å². The number of urea groups is 1. The van der Waals surface area contributed by atoms with Crippen molar-refractivity contribution in [1.29, 1.82) is 0 Å². The Morgan fingerprint density at radius 2 is 2.16 bits per heavy atom. The van der Waals surface area contributed by atoms with E-state index in [0.29, 0.717) is 13.0 Å². The van der Waals surface area contributed by atoms with E-state index in [-0.39, 0.29) is 12.1 Å². The number of aromatic nitrogens is 1. The monoisotopic (exact) mass is 259 g/mol. The average Bonchev–Trinajstić information content (AvgIpc) is 2.90. The lowest BCUT2D eigenvalue weighted by Crippen LogP contribution is -2.41. The molecule has 0 saturated heterocycles. The predicted octanol–water partition coefficient (Wildman–Crippen LogP) is 2.10. The SMILES string of the molecule is CC(Cc1ccco1)NC(=O)NCc1ccncc1. The fraction of sp³-hybridized carbons (Fsp3) is 0.286. The summed E-state index contributed by atoms with van der Waals surface area (Å²) in [6.45, 7) is 2.43. The Labute approximate surface area is 112 Å². The van der Waals surface area contributed by atoms with Gasteiger partial charge in [0.25, 0.3) is 0 Å². The number of carbonyl (C=O) groups is 1. The highest BCUT2D eigenvalue weighted by molar-refractivity contribution is 5.74. The molecule has 100 valence electrons. The molecule has 0 saturated carbocycles. The van der Waals surface area contributed by atoms with Crippen molar-refractivity contribution in [2.75, 3.05) is 0 Å². The number of hydrogen-bond acceptors (Lipinski definition) is 3. The van der Waals surface area contributed by atoms with Crippen LogP contribution in [0.25, 0.3) is 0 Å². The van der Waals surface area contributed by atoms with Crippen LogP contribution in [0.1, 0.15) is 18.2 Å². The summed E-state index contributed by atoms with van der Waals surface area (Å²) >= 11 is 0. The molecule has 1 atom stereocenters. The summed E-state index contributed by atoms with van der Waals surface area (Å²) in [5.41, 5.74) is 1.02. The highest BCUT2D eigenvalue weighted by Crippen LogP contribution is 2.03. The Hall–Kier alpha value is -2.30. The normalized spacial score (nSPS) is 11.8. The number of carbonyl (C=O) groups excluding carboxylic acids is 1. The molecule has 5 heteroatoms. The quantitative estimate of drug-likeness (QED) is 0.864. The average molecular weight is 259 g/mol. The summed E-state index contributed by atoms with van der Waals surface area (Å²) in [6, 6.07) is 7.30. The van der Waals surface area contributed by atoms with Crippen LogP contribution >= 0.6 is 0 Å². The third kappa shape index (κ3) is 4.46. The Bertz CT molecular complexity index is 497. The minimum absolute atomic E-state index is 0.0172. The summed E-state index contributed by atoms with van der Waals surface area (Å²) in [4.78, 5) is 15.6. The number of nitrogens with zero attached hydrogens (tertiary/aromatic N) is 1. The number of rotatable bonds is 5. The first kappa shape index (κ1) is 13.1. The van der Waals surface area contributed by atoms with Crippen molar-refractivity contribution in [1.82, 2.24) is 15.6 Å². The summed E-state index contributed by atoms with van der Waals surface area (Å²) in [7, 11) is 0. The largest absolute Gasteiger partial charge is 0.469 e. The van der Waals surface area contributed by atoms with Gasteiger partial charge in [-0.25, -0.2) is 4.79 Å². The smallest absolute Gasteiger partial charge is 0.315 e. The molecule has 0 bridgehead atoms. The predicted molar refractivity (Wildman–Crippen MR) is 71.5 cm³/mol. The maximum absolute atomic E-state index is 11.7. The topological polar surface area (TPSA) is 67.2 Å². The van der Waals surface area contributed by atoms with Crippen molar-refractivity contribution in [3.05, 3.63) is 54.2 Å². The number of furan rings is 1. The van der Waals surface area contributed by atoms with Crippen LogP contribution in [0.3, 0.4) is 0 Å². The minimum Gasteiger partial charge on any atom is -0.469 e. The molecule has 2 rings (SSSR count). The van der Waals surface area contributed by atoms with E-state index in [2.05, 4.69) is 15.6 Å². The van der Waals surface area contributed by atoms with Gasteiger partial charge in [0, 0.05) is 31.4 Å². The van der Waals surface area contributed by atoms with Crippen LogP contribution in [0.15, 0.2) is 47.3 Å². The van der Waals surface area contributed by atoms with Crippen molar-refractivity contribution in [2.45, 2.75) is 25.9 Å². The van der Waals surface area contributed by atoms with Crippen molar-refractivity contribution in [3.63, 3.8) is 0 Å². The molecule has 19 heavy (non-hydrogen) atoms. The number of hydrogen-bond donors (Lipinski definition) is 2. The Balaban J connectivity index is 1.72. The second-order valence-electron chi connectivity index (χ2n) is 4.37. The van der Waals surface area contributed by atoms with Gasteiger partial charge in [-0.2, -0.15) is 0 Å². The molecule has 2 amide bonds. The van der Waals surface area contributed by atoms with E-state index >= 15 is 0 Å². The van der Waals surface area contributed by atoms with Gasteiger partial charge in [-0.15, -0.1) is 0 Å². The van der Waals surface area contributed by atoms with Gasteiger partial charge >= 0.3 is 6.03 Å². The molecule has 0 aliphatic rings. The first-order chi connectivity index (χ1) is 9.24. The van der Waals surface area contributed by atoms with Crippen LogP contribution in [0, 0.1) is 0 Å². The summed E-state index contributed by atoms with van der Waals surface area (Å²) in [5, 5.41) is 5.66. The molecule has 2 N–H and O–H groups in total. The van der Waals surface area contributed by atoms with E-state index in [1.54, 1.807) is 18.7 Å². The van der Waals surface area contributed by atoms with Crippen molar-refractivity contribution < 1.29 is 9.21 Å². The Kier molecular flexibility index (Phi) is 4.55. The molecule has 0 spiro atoms. The molecule has 2 heterocycles. The second-order valence-corrected chi connectivity index (χ2v) is 4.37. The maximum Gasteiger partial charge on any atom is 0.315 e. The van der Waals surface area contributed by atoms with Crippen molar-refractivity contribution in [2.24, 2.45) is 0 Å². The van der Waals surface area contributed by atoms with Gasteiger partial charge in [0.05, 0.1) is 6.26 Å². The molecule has 2 aromatic heterocycles. The fourth-order valence-electron chi connectivity index (χ4n) is 1.74. The van der Waals surface area contributed by atoms with Gasteiger partial charge in [-0.1, -0.05) is 0 Å². The van der Waals surface area contributed by atoms with Gasteiger partial charge < -0.3 is 15.1 Å². The lowest BCUT2D eigenvalue weighted by atomic mass is 10.2. The van der Waals surface area contributed by atoms with Gasteiger partial charge in [0.15, 0.2) is 0 Å². The van der Waals surface area contributed by atoms with Crippen molar-refractivity contribution >= 4 is 6.03 Å². The first-order valence-corrected chi connectivity index (χ1v) is 6.19. The van der Waals surface area contributed by atoms with Crippen LogP contribution in [0.2, 0.25) is 0 Å². The summed E-state index contributed by atoms with van der Waals surface area (Å²) < 4.78 is 5.24. The van der Waals surface area contributed by atoms with Gasteiger partial charge in [-0.05, 0) is 36.8 Å². The molecule has 5 nitrogen and oxygen atoms in total. The van der Waals surface area contributed by atoms with E-state index in [0.717, 1.165) is 11.3 Å². The molecule has 0 fully saturated rings. The Morgan fingerprint density at radius 3 is 2.84 bits per heavy atom. The van der Waals surface area contributed by atoms with Crippen LogP contribution < -0.4 is 10.6 Å².